The SMILES string of the molecule is CCN(CC)CCCC(=O)c1c(C)[nH]c(/C=C2\C(=O)Nc3ccc(-c4csc(-c5ccc(OC)cc5)n4)cc32)c1C. The van der Waals surface area contributed by atoms with Crippen molar-refractivity contribution in [3.63, 3.8) is 0 Å². The van der Waals surface area contributed by atoms with Crippen LogP contribution in [0.15, 0.2) is 47.8 Å². The smallest absolute Gasteiger partial charge is 0.256 e. The van der Waals surface area contributed by atoms with Crippen molar-refractivity contribution in [1.29, 1.82) is 0 Å². The summed E-state index contributed by atoms with van der Waals surface area (Å²) < 4.78 is 5.27. The highest BCUT2D eigenvalue weighted by Gasteiger charge is 2.26. The number of aromatic nitrogens is 2. The van der Waals surface area contributed by atoms with E-state index in [2.05, 4.69) is 29.0 Å². The van der Waals surface area contributed by atoms with Gasteiger partial charge in [0.05, 0.1) is 18.4 Å². The predicted molar refractivity (Wildman–Crippen MR) is 168 cm³/mol. The van der Waals surface area contributed by atoms with Crippen molar-refractivity contribution in [3.8, 4) is 27.6 Å². The molecule has 0 unspecified atom stereocenters. The van der Waals surface area contributed by atoms with Crippen LogP contribution in [0.25, 0.3) is 33.5 Å². The zero-order valence-corrected chi connectivity index (χ0v) is 25.1. The number of ketones is 1. The van der Waals surface area contributed by atoms with Crippen LogP contribution in [0.1, 0.15) is 59.6 Å². The maximum absolute atomic E-state index is 13.1. The van der Waals surface area contributed by atoms with Crippen LogP contribution in [0.2, 0.25) is 0 Å². The van der Waals surface area contributed by atoms with Gasteiger partial charge in [-0.05, 0) is 87.9 Å². The summed E-state index contributed by atoms with van der Waals surface area (Å²) in [4.78, 5) is 36.7. The Balaban J connectivity index is 1.40. The summed E-state index contributed by atoms with van der Waals surface area (Å²) in [7, 11) is 1.65. The maximum Gasteiger partial charge on any atom is 0.256 e. The van der Waals surface area contributed by atoms with Crippen LogP contribution < -0.4 is 10.1 Å². The van der Waals surface area contributed by atoms with Gasteiger partial charge in [0.25, 0.3) is 5.91 Å². The van der Waals surface area contributed by atoms with Crippen molar-refractivity contribution in [3.05, 3.63) is 75.9 Å². The van der Waals surface area contributed by atoms with Crippen molar-refractivity contribution in [2.75, 3.05) is 32.1 Å². The number of hydrogen-bond acceptors (Lipinski definition) is 6. The second-order valence-electron chi connectivity index (χ2n) is 10.3. The zero-order chi connectivity index (χ0) is 29.1. The highest BCUT2D eigenvalue weighted by Crippen LogP contribution is 2.38. The molecule has 1 aliphatic heterocycles. The van der Waals surface area contributed by atoms with Gasteiger partial charge in [0.1, 0.15) is 10.8 Å². The van der Waals surface area contributed by atoms with Gasteiger partial charge >= 0.3 is 0 Å². The molecular formula is C33H36N4O3S. The molecule has 0 atom stereocenters. The fourth-order valence-corrected chi connectivity index (χ4v) is 6.21. The molecule has 3 heterocycles. The van der Waals surface area contributed by atoms with Crippen molar-refractivity contribution < 1.29 is 14.3 Å². The van der Waals surface area contributed by atoms with E-state index in [1.54, 1.807) is 18.4 Å². The third-order valence-electron chi connectivity index (χ3n) is 7.76. The number of anilines is 1. The number of benzene rings is 2. The third-order valence-corrected chi connectivity index (χ3v) is 8.65. The number of H-pyrrole nitrogens is 1. The lowest BCUT2D eigenvalue weighted by Crippen LogP contribution is -2.24. The molecule has 212 valence electrons. The van der Waals surface area contributed by atoms with Gasteiger partial charge in [0.2, 0.25) is 0 Å². The summed E-state index contributed by atoms with van der Waals surface area (Å²) >= 11 is 1.58. The van der Waals surface area contributed by atoms with E-state index < -0.39 is 0 Å². The van der Waals surface area contributed by atoms with Gasteiger partial charge in [-0.2, -0.15) is 0 Å². The topological polar surface area (TPSA) is 87.3 Å². The van der Waals surface area contributed by atoms with E-state index >= 15 is 0 Å². The van der Waals surface area contributed by atoms with Crippen LogP contribution in [0.3, 0.4) is 0 Å². The quantitative estimate of drug-likeness (QED) is 0.147. The highest BCUT2D eigenvalue weighted by atomic mass is 32.1. The Bertz CT molecular complexity index is 1610. The minimum absolute atomic E-state index is 0.141. The van der Waals surface area contributed by atoms with E-state index in [1.165, 1.54) is 0 Å². The summed E-state index contributed by atoms with van der Waals surface area (Å²) in [6.45, 7) is 11.1. The number of fused-ring (bicyclic) bond motifs is 1. The Morgan fingerprint density at radius 2 is 1.80 bits per heavy atom. The summed E-state index contributed by atoms with van der Waals surface area (Å²) in [6.07, 6.45) is 3.20. The lowest BCUT2D eigenvalue weighted by Gasteiger charge is -2.17. The lowest BCUT2D eigenvalue weighted by molar-refractivity contribution is -0.110. The molecule has 2 N–H and O–H groups in total. The summed E-state index contributed by atoms with van der Waals surface area (Å²) in [5, 5.41) is 5.93. The molecule has 1 aliphatic rings. The van der Waals surface area contributed by atoms with E-state index in [0.717, 1.165) is 87.4 Å². The first-order chi connectivity index (χ1) is 19.8. The summed E-state index contributed by atoms with van der Waals surface area (Å²) in [5.74, 6) is 0.788. The number of aromatic amines is 1. The van der Waals surface area contributed by atoms with Gasteiger partial charge in [-0.1, -0.05) is 19.9 Å². The Labute approximate surface area is 245 Å². The van der Waals surface area contributed by atoms with Gasteiger partial charge in [-0.25, -0.2) is 4.98 Å². The second kappa shape index (κ2) is 12.2. The normalized spacial score (nSPS) is 13.6. The molecular weight excluding hydrogens is 532 g/mol. The average Bonchev–Trinajstić information content (AvgIpc) is 3.67. The van der Waals surface area contributed by atoms with Crippen LogP contribution in [-0.2, 0) is 4.79 Å². The number of nitrogens with one attached hydrogen (secondary N) is 2. The van der Waals surface area contributed by atoms with E-state index in [4.69, 9.17) is 9.72 Å². The van der Waals surface area contributed by atoms with Gasteiger partial charge in [0.15, 0.2) is 5.78 Å². The molecule has 0 saturated carbocycles. The van der Waals surface area contributed by atoms with Crippen LogP contribution in [0.5, 0.6) is 5.75 Å². The van der Waals surface area contributed by atoms with Crippen molar-refractivity contribution in [2.45, 2.75) is 40.5 Å². The number of Topliss-reactive ketones (excluding diaryl/α,β-unsaturated/α-hetero) is 1. The number of hydrogen-bond donors (Lipinski definition) is 2. The highest BCUT2D eigenvalue weighted by molar-refractivity contribution is 7.13. The average molecular weight is 569 g/mol. The van der Waals surface area contributed by atoms with Gasteiger partial charge in [-0.15, -0.1) is 11.3 Å². The number of nitrogens with zero attached hydrogens (tertiary/aromatic N) is 2. The fraction of sp³-hybridized carbons (Fsp3) is 0.303. The van der Waals surface area contributed by atoms with Crippen LogP contribution in [0.4, 0.5) is 5.69 Å². The van der Waals surface area contributed by atoms with Crippen molar-refractivity contribution in [2.24, 2.45) is 0 Å². The van der Waals surface area contributed by atoms with Gasteiger partial charge in [-0.3, -0.25) is 9.59 Å². The lowest BCUT2D eigenvalue weighted by atomic mass is 9.99. The van der Waals surface area contributed by atoms with E-state index in [0.29, 0.717) is 12.0 Å². The zero-order valence-electron chi connectivity index (χ0n) is 24.3. The van der Waals surface area contributed by atoms with Gasteiger partial charge < -0.3 is 19.9 Å². The summed E-state index contributed by atoms with van der Waals surface area (Å²) in [6, 6.07) is 13.8. The second-order valence-corrected chi connectivity index (χ2v) is 11.1. The minimum atomic E-state index is -0.159. The molecule has 0 spiro atoms. The number of rotatable bonds is 11. The Morgan fingerprint density at radius 3 is 2.51 bits per heavy atom. The molecule has 0 bridgehead atoms. The molecule has 1 amide bonds. The number of carbonyl (C=O) groups is 2. The molecule has 8 heteroatoms. The molecule has 5 rings (SSSR count). The number of thiazole rings is 1. The Morgan fingerprint density at radius 1 is 1.07 bits per heavy atom. The molecule has 7 nitrogen and oxygen atoms in total. The molecule has 2 aromatic heterocycles. The molecule has 41 heavy (non-hydrogen) atoms. The van der Waals surface area contributed by atoms with Crippen LogP contribution in [0, 0.1) is 13.8 Å². The number of aryl methyl sites for hydroxylation is 1. The molecule has 0 aliphatic carbocycles. The Hall–Kier alpha value is -4.01. The molecule has 0 fully saturated rings. The maximum atomic E-state index is 13.1. The number of carbonyl (C=O) groups excluding carboxylic acids is 2. The standard InChI is InChI=1S/C33H36N4O3S/c1-6-37(7-2)16-8-9-30(38)31-20(3)28(34-21(31)4)18-26-25-17-23(12-15-27(25)35-32(26)39)29-19-41-33(36-29)22-10-13-24(40-5)14-11-22/h10-15,17-19,34H,6-9,16H2,1-5H3,(H,35,39)/b26-18-. The minimum Gasteiger partial charge on any atom is -0.497 e. The summed E-state index contributed by atoms with van der Waals surface area (Å²) in [5.41, 5.74) is 8.21. The van der Waals surface area contributed by atoms with Crippen molar-refractivity contribution >= 4 is 40.4 Å². The molecule has 0 saturated heterocycles. The van der Waals surface area contributed by atoms with Crippen molar-refractivity contribution in [1.82, 2.24) is 14.9 Å². The first kappa shape index (κ1) is 28.5. The first-order valence-corrected chi connectivity index (χ1v) is 14.9. The fourth-order valence-electron chi connectivity index (χ4n) is 5.37. The van der Waals surface area contributed by atoms with E-state index in [-0.39, 0.29) is 11.7 Å². The molecule has 4 aromatic rings. The van der Waals surface area contributed by atoms with Crippen LogP contribution in [-0.4, -0.2) is 53.3 Å². The number of methoxy groups -OCH3 is 1. The first-order valence-electron chi connectivity index (χ1n) is 14.0. The van der Waals surface area contributed by atoms with Gasteiger partial charge in [0, 0.05) is 51.1 Å². The number of amides is 1. The van der Waals surface area contributed by atoms with E-state index in [9.17, 15) is 9.59 Å². The molecule has 2 aromatic carbocycles. The third kappa shape index (κ3) is 5.89. The largest absolute Gasteiger partial charge is 0.497 e. The monoisotopic (exact) mass is 568 g/mol. The van der Waals surface area contributed by atoms with Crippen LogP contribution >= 0.6 is 11.3 Å². The predicted octanol–water partition coefficient (Wildman–Crippen LogP) is 7.23. The Kier molecular flexibility index (Phi) is 8.52. The number of ether oxygens (including phenoxy) is 1. The molecule has 0 radical (unpaired) electrons. The van der Waals surface area contributed by atoms with E-state index in [1.807, 2.05) is 67.8 Å².